The number of rotatable bonds is 3. The van der Waals surface area contributed by atoms with Crippen molar-refractivity contribution in [2.45, 2.75) is 65.9 Å². The number of allylic oxidation sites excluding steroid dienone is 3. The number of para-hydroxylation sites is 2. The zero-order valence-electron chi connectivity index (χ0n) is 31.9. The van der Waals surface area contributed by atoms with Crippen LogP contribution in [0.15, 0.2) is 119 Å². The highest BCUT2D eigenvalue weighted by Gasteiger charge is 2.43. The van der Waals surface area contributed by atoms with E-state index in [-0.39, 0.29) is 16.6 Å². The first-order valence-corrected chi connectivity index (χ1v) is 19.2. The van der Waals surface area contributed by atoms with Gasteiger partial charge >= 0.3 is 0 Å². The smallest absolute Gasteiger partial charge is 0.209 e. The maximum Gasteiger partial charge on any atom is 0.209 e. The molecule has 6 aliphatic rings. The second-order valence-electron chi connectivity index (χ2n) is 17.2. The molecule has 1 fully saturated rings. The number of ketones is 1. The fourth-order valence-electron chi connectivity index (χ4n) is 8.21. The lowest BCUT2D eigenvalue weighted by molar-refractivity contribution is -0.127. The van der Waals surface area contributed by atoms with Gasteiger partial charge in [-0.2, -0.15) is 4.58 Å². The summed E-state index contributed by atoms with van der Waals surface area (Å²) >= 11 is 0. The molecule has 0 aromatic heterocycles. The number of aliphatic hydroxyl groups excluding tert-OH is 1. The van der Waals surface area contributed by atoms with Crippen molar-refractivity contribution < 1.29 is 19.1 Å². The number of carbonyl (C=O) groups excluding carboxylic acids is 1. The minimum atomic E-state index is -0.936. The Morgan fingerprint density at radius 3 is 2.37 bits per heavy atom. The second-order valence-corrected chi connectivity index (χ2v) is 17.2. The van der Waals surface area contributed by atoms with Crippen LogP contribution in [-0.2, 0) is 23.1 Å². The van der Waals surface area contributed by atoms with Crippen LogP contribution in [-0.4, -0.2) is 30.1 Å². The lowest BCUT2D eigenvalue weighted by atomic mass is 9.72. The maximum atomic E-state index is 14.0. The zero-order chi connectivity index (χ0) is 37.5. The van der Waals surface area contributed by atoms with Crippen LogP contribution < -0.4 is 19.6 Å². The lowest BCUT2D eigenvalue weighted by Crippen LogP contribution is -2.43. The molecule has 2 atom stereocenters. The number of hydrogen-bond acceptors (Lipinski definition) is 5. The average Bonchev–Trinajstić information content (AvgIpc) is 3.79. The third-order valence-electron chi connectivity index (χ3n) is 11.4. The standard InChI is InChI=1S/C48H47N2O4/c1-47(2,3)43-25-31(35-17-15-33(27-41(35)53-43)49-21-19-29-11-7-9-13-39(29)49)23-37-45(51)38(46(37)52)24-32-26-44(48(4,5)6)54-42-28-34(16-18-36(32)42)50-22-20-30-12-8-10-14-40(30)50/h7-18,23-28,37,45,51H,19-22H2,1-6H3/q+1. The maximum absolute atomic E-state index is 14.0. The Morgan fingerprint density at radius 2 is 1.59 bits per heavy atom. The third-order valence-corrected chi connectivity index (χ3v) is 11.4. The van der Waals surface area contributed by atoms with Crippen molar-refractivity contribution in [2.24, 2.45) is 11.3 Å². The molecule has 6 nitrogen and oxygen atoms in total. The molecule has 272 valence electrons. The first kappa shape index (κ1) is 34.3. The largest absolute Gasteiger partial charge is 0.460 e. The summed E-state index contributed by atoms with van der Waals surface area (Å²) in [4.78, 5) is 16.3. The van der Waals surface area contributed by atoms with Gasteiger partial charge in [0.05, 0.1) is 18.1 Å². The van der Waals surface area contributed by atoms with E-state index >= 15 is 0 Å². The van der Waals surface area contributed by atoms with E-state index in [1.165, 1.54) is 22.5 Å². The highest BCUT2D eigenvalue weighted by Crippen LogP contribution is 2.46. The van der Waals surface area contributed by atoms with Gasteiger partial charge < -0.3 is 19.2 Å². The van der Waals surface area contributed by atoms with Crippen LogP contribution in [0.5, 0.6) is 5.75 Å². The summed E-state index contributed by atoms with van der Waals surface area (Å²) in [6.45, 7) is 14.6. The van der Waals surface area contributed by atoms with E-state index in [0.29, 0.717) is 5.57 Å². The fourth-order valence-corrected chi connectivity index (χ4v) is 8.21. The highest BCUT2D eigenvalue weighted by molar-refractivity contribution is 6.11. The molecule has 54 heavy (non-hydrogen) atoms. The molecule has 3 aromatic carbocycles. The van der Waals surface area contributed by atoms with Crippen molar-refractivity contribution in [3.05, 3.63) is 148 Å². The van der Waals surface area contributed by atoms with Crippen LogP contribution in [0, 0.1) is 11.3 Å². The van der Waals surface area contributed by atoms with Gasteiger partial charge in [0, 0.05) is 75.6 Å². The van der Waals surface area contributed by atoms with Crippen molar-refractivity contribution in [1.82, 2.24) is 4.58 Å². The van der Waals surface area contributed by atoms with Gasteiger partial charge in [-0.25, -0.2) is 0 Å². The molecule has 0 saturated heterocycles. The zero-order valence-corrected chi connectivity index (χ0v) is 31.9. The van der Waals surface area contributed by atoms with E-state index in [1.807, 2.05) is 24.3 Å². The Bertz CT molecular complexity index is 2500. The molecule has 3 aromatic rings. The van der Waals surface area contributed by atoms with Gasteiger partial charge in [0.15, 0.2) is 12.3 Å². The number of Topliss-reactive ketones (excluding diaryl/α,β-unsaturated/α-hetero) is 1. The van der Waals surface area contributed by atoms with Crippen LogP contribution in [0.3, 0.4) is 0 Å². The Hall–Kier alpha value is -5.46. The van der Waals surface area contributed by atoms with Gasteiger partial charge in [-0.15, -0.1) is 0 Å². The predicted octanol–water partition coefficient (Wildman–Crippen LogP) is 9.39. The molecule has 2 unspecified atom stereocenters. The van der Waals surface area contributed by atoms with Crippen LogP contribution in [0.25, 0.3) is 23.0 Å². The predicted molar refractivity (Wildman–Crippen MR) is 216 cm³/mol. The number of ether oxygens (including phenoxy) is 1. The fraction of sp³-hybridized carbons (Fsp3) is 0.292. The van der Waals surface area contributed by atoms with Gasteiger partial charge in [-0.3, -0.25) is 4.79 Å². The van der Waals surface area contributed by atoms with Gasteiger partial charge in [0.25, 0.3) is 0 Å². The van der Waals surface area contributed by atoms with Gasteiger partial charge in [-0.1, -0.05) is 84.0 Å². The molecule has 4 aliphatic heterocycles. The highest BCUT2D eigenvalue weighted by atomic mass is 16.5. The lowest BCUT2D eigenvalue weighted by Gasteiger charge is -2.34. The van der Waals surface area contributed by atoms with Crippen LogP contribution in [0.2, 0.25) is 0 Å². The Balaban J connectivity index is 1.07. The minimum Gasteiger partial charge on any atom is -0.460 e. The molecule has 1 N–H and O–H groups in total. The first-order chi connectivity index (χ1) is 25.8. The van der Waals surface area contributed by atoms with E-state index in [1.54, 1.807) is 0 Å². The molecule has 0 amide bonds. The van der Waals surface area contributed by atoms with E-state index < -0.39 is 12.0 Å². The molecule has 0 spiro atoms. The normalized spacial score (nSPS) is 21.9. The van der Waals surface area contributed by atoms with E-state index in [9.17, 15) is 9.90 Å². The summed E-state index contributed by atoms with van der Waals surface area (Å²) in [5.74, 6) is 2.42. The Morgan fingerprint density at radius 1 is 0.833 bits per heavy atom. The molecular formula is C48H47N2O4+. The van der Waals surface area contributed by atoms with Crippen molar-refractivity contribution in [3.8, 4) is 17.1 Å². The van der Waals surface area contributed by atoms with Crippen molar-refractivity contribution in [2.75, 3.05) is 18.0 Å². The van der Waals surface area contributed by atoms with E-state index in [0.717, 1.165) is 82.3 Å². The van der Waals surface area contributed by atoms with Gasteiger partial charge in [-0.05, 0) is 65.6 Å². The number of aliphatic hydroxyl groups is 1. The second kappa shape index (κ2) is 12.6. The molecule has 2 aliphatic carbocycles. The molecule has 9 rings (SSSR count). The summed E-state index contributed by atoms with van der Waals surface area (Å²) in [6.07, 6.45) is 6.91. The first-order valence-electron chi connectivity index (χ1n) is 19.2. The van der Waals surface area contributed by atoms with Crippen molar-refractivity contribution in [1.29, 1.82) is 0 Å². The van der Waals surface area contributed by atoms with E-state index in [4.69, 9.17) is 9.15 Å². The van der Waals surface area contributed by atoms with Crippen molar-refractivity contribution >= 4 is 34.5 Å². The average molecular weight is 716 g/mol. The number of hydrogen-bond donors (Lipinski definition) is 1. The number of nitrogens with zero attached hydrogens (tertiary/aromatic N) is 2. The number of benzene rings is 4. The van der Waals surface area contributed by atoms with E-state index in [2.05, 4.69) is 136 Å². The topological polar surface area (TPSA) is 65.9 Å². The number of carbonyl (C=O) groups is 1. The summed E-state index contributed by atoms with van der Waals surface area (Å²) < 4.78 is 15.5. The quantitative estimate of drug-likeness (QED) is 0.149. The monoisotopic (exact) mass is 715 g/mol. The van der Waals surface area contributed by atoms with Crippen LogP contribution >= 0.6 is 0 Å². The summed E-state index contributed by atoms with van der Waals surface area (Å²) in [6, 6.07) is 31.7. The molecule has 1 saturated carbocycles. The number of anilines is 2. The van der Waals surface area contributed by atoms with Gasteiger partial charge in [0.2, 0.25) is 11.0 Å². The Kier molecular flexibility index (Phi) is 7.98. The minimum absolute atomic E-state index is 0.0735. The van der Waals surface area contributed by atoms with Gasteiger partial charge in [0.1, 0.15) is 23.0 Å². The Labute approximate surface area is 317 Å². The SMILES string of the molecule is CC(C)(C)C1=CC(=CC2C(=O)C(=Cc3cc(C(C)(C)C)oc4cc(=[N+]5CCc6ccccc65)ccc3-4)C2O)c2ccc(N3CCc4ccccc43)cc2O1. The van der Waals surface area contributed by atoms with Crippen molar-refractivity contribution in [3.63, 3.8) is 0 Å². The molecule has 0 radical (unpaired) electrons. The third kappa shape index (κ3) is 5.84. The summed E-state index contributed by atoms with van der Waals surface area (Å²) in [7, 11) is 0. The molecule has 0 bridgehead atoms. The number of fused-ring (bicyclic) bond motifs is 4. The molecule has 4 heterocycles. The molecule has 6 heteroatoms. The summed E-state index contributed by atoms with van der Waals surface area (Å²) in [5, 5.41) is 12.7. The molecular weight excluding hydrogens is 669 g/mol. The van der Waals surface area contributed by atoms with Crippen LogP contribution in [0.1, 0.15) is 69.6 Å². The summed E-state index contributed by atoms with van der Waals surface area (Å²) in [5.41, 5.74) is 9.68. The van der Waals surface area contributed by atoms with Crippen LogP contribution in [0.4, 0.5) is 17.1 Å².